The highest BCUT2D eigenvalue weighted by atomic mass is 35.5. The van der Waals surface area contributed by atoms with Gasteiger partial charge in [-0.25, -0.2) is 4.39 Å². The lowest BCUT2D eigenvalue weighted by molar-refractivity contribution is -0.121. The molecule has 0 spiro atoms. The van der Waals surface area contributed by atoms with E-state index in [2.05, 4.69) is 22.9 Å². The molecule has 1 aromatic heterocycles. The second-order valence-electron chi connectivity index (χ2n) is 8.78. The van der Waals surface area contributed by atoms with E-state index in [1.54, 1.807) is 47.9 Å². The molecular formula is C26H31ClFN3O4S. The molecule has 0 fully saturated rings. The molecule has 194 valence electrons. The molecule has 36 heavy (non-hydrogen) atoms. The molecule has 1 heterocycles. The average molecular weight is 536 g/mol. The molecule has 10 heteroatoms. The van der Waals surface area contributed by atoms with Crippen LogP contribution in [0.2, 0.25) is 5.15 Å². The molecule has 0 bridgehead atoms. The maximum absolute atomic E-state index is 15.2. The Balaban J connectivity index is 1.88. The van der Waals surface area contributed by atoms with Crippen LogP contribution in [-0.2, 0) is 17.9 Å². The zero-order valence-electron chi connectivity index (χ0n) is 20.4. The van der Waals surface area contributed by atoms with E-state index in [-0.39, 0.29) is 35.7 Å². The van der Waals surface area contributed by atoms with Gasteiger partial charge in [0.1, 0.15) is 5.82 Å². The topological polar surface area (TPSA) is 96.6 Å². The van der Waals surface area contributed by atoms with Crippen molar-refractivity contribution in [3.63, 3.8) is 0 Å². The first-order valence-electron chi connectivity index (χ1n) is 11.7. The Morgan fingerprint density at radius 1 is 1.25 bits per heavy atom. The summed E-state index contributed by atoms with van der Waals surface area (Å²) in [4.78, 5) is 16.7. The molecule has 3 aromatic rings. The lowest BCUT2D eigenvalue weighted by atomic mass is 9.98. The fourth-order valence-corrected chi connectivity index (χ4v) is 4.60. The number of halogens is 2. The molecule has 1 amide bonds. The van der Waals surface area contributed by atoms with E-state index in [0.717, 1.165) is 0 Å². The number of amides is 1. The zero-order chi connectivity index (χ0) is 26.4. The van der Waals surface area contributed by atoms with Gasteiger partial charge in [-0.05, 0) is 36.5 Å². The summed E-state index contributed by atoms with van der Waals surface area (Å²) in [5, 5.41) is 21.8. The number of aliphatic hydroxyl groups is 2. The number of thiol groups is 1. The van der Waals surface area contributed by atoms with Gasteiger partial charge in [0.15, 0.2) is 11.4 Å². The number of aromatic nitrogens is 2. The van der Waals surface area contributed by atoms with Crippen molar-refractivity contribution in [3.8, 4) is 17.1 Å². The van der Waals surface area contributed by atoms with Gasteiger partial charge in [0.25, 0.3) is 6.01 Å². The normalized spacial score (nSPS) is 12.3. The molecule has 1 atom stereocenters. The highest BCUT2D eigenvalue weighted by Gasteiger charge is 2.21. The molecule has 0 saturated heterocycles. The van der Waals surface area contributed by atoms with Crippen molar-refractivity contribution in [2.45, 2.75) is 51.8 Å². The number of nitrogens with zero attached hydrogens (tertiary/aromatic N) is 2. The summed E-state index contributed by atoms with van der Waals surface area (Å²) in [6, 6.07) is 11.6. The third-order valence-corrected chi connectivity index (χ3v) is 6.37. The first kappa shape index (κ1) is 28.0. The SMILES string of the molecule is CCOc1nc(Cl)c(CNC(=O)[C@@H](S)CC(C)C)n1Cc1ccc(-c2ccccc2C(O)O)cc1F. The second kappa shape index (κ2) is 12.6. The van der Waals surface area contributed by atoms with Gasteiger partial charge in [-0.1, -0.05) is 61.8 Å². The highest BCUT2D eigenvalue weighted by molar-refractivity contribution is 7.81. The number of carbonyl (C=O) groups is 1. The van der Waals surface area contributed by atoms with Gasteiger partial charge in [-0.3, -0.25) is 9.36 Å². The summed E-state index contributed by atoms with van der Waals surface area (Å²) >= 11 is 10.7. The Morgan fingerprint density at radius 3 is 2.61 bits per heavy atom. The molecule has 2 aromatic carbocycles. The van der Waals surface area contributed by atoms with Crippen molar-refractivity contribution in [1.29, 1.82) is 0 Å². The molecule has 0 aliphatic heterocycles. The molecule has 0 radical (unpaired) electrons. The van der Waals surface area contributed by atoms with Crippen LogP contribution < -0.4 is 10.1 Å². The van der Waals surface area contributed by atoms with Crippen LogP contribution in [0, 0.1) is 11.7 Å². The van der Waals surface area contributed by atoms with E-state index in [1.807, 2.05) is 13.8 Å². The van der Waals surface area contributed by atoms with Gasteiger partial charge < -0.3 is 20.3 Å². The van der Waals surface area contributed by atoms with Gasteiger partial charge >= 0.3 is 0 Å². The lowest BCUT2D eigenvalue weighted by Gasteiger charge is -2.16. The highest BCUT2D eigenvalue weighted by Crippen LogP contribution is 2.30. The van der Waals surface area contributed by atoms with Crippen LogP contribution in [0.5, 0.6) is 6.01 Å². The van der Waals surface area contributed by atoms with Crippen LogP contribution in [0.15, 0.2) is 42.5 Å². The summed E-state index contributed by atoms with van der Waals surface area (Å²) in [6.45, 7) is 6.30. The Bertz CT molecular complexity index is 1200. The van der Waals surface area contributed by atoms with E-state index in [4.69, 9.17) is 16.3 Å². The quantitative estimate of drug-likeness (QED) is 0.210. The molecular weight excluding hydrogens is 505 g/mol. The monoisotopic (exact) mass is 535 g/mol. The third-order valence-electron chi connectivity index (χ3n) is 5.62. The smallest absolute Gasteiger partial charge is 0.298 e. The first-order valence-corrected chi connectivity index (χ1v) is 12.6. The average Bonchev–Trinajstić information content (AvgIpc) is 3.12. The van der Waals surface area contributed by atoms with Gasteiger partial charge in [-0.15, -0.1) is 0 Å². The van der Waals surface area contributed by atoms with Crippen molar-refractivity contribution in [3.05, 3.63) is 70.3 Å². The van der Waals surface area contributed by atoms with Gasteiger partial charge in [-0.2, -0.15) is 17.6 Å². The molecule has 3 rings (SSSR count). The summed E-state index contributed by atoms with van der Waals surface area (Å²) in [5.41, 5.74) is 2.13. The Morgan fingerprint density at radius 2 is 1.97 bits per heavy atom. The number of hydrogen-bond acceptors (Lipinski definition) is 6. The van der Waals surface area contributed by atoms with Crippen molar-refractivity contribution >= 4 is 30.1 Å². The number of ether oxygens (including phenoxy) is 1. The number of aliphatic hydroxyl groups excluding tert-OH is 1. The number of carbonyl (C=O) groups excluding carboxylic acids is 1. The molecule has 3 N–H and O–H groups in total. The Hall–Kier alpha value is -2.59. The zero-order valence-corrected chi connectivity index (χ0v) is 22.1. The standard InChI is InChI=1S/C26H31ClFN3O4S/c1-4-35-26-30-23(27)21(13-29-24(32)22(36)11-15(2)3)31(26)14-17-10-9-16(12-20(17)28)18-7-5-6-8-19(18)25(33)34/h5-10,12,15,22,25,33-34,36H,4,11,13-14H2,1-3H3,(H,29,32)/t22-/m0/s1. The van der Waals surface area contributed by atoms with Gasteiger partial charge in [0.05, 0.1) is 30.6 Å². The Labute approximate surface area is 220 Å². The second-order valence-corrected chi connectivity index (χ2v) is 9.76. The fourth-order valence-electron chi connectivity index (χ4n) is 3.85. The largest absolute Gasteiger partial charge is 0.465 e. The molecule has 7 nitrogen and oxygen atoms in total. The lowest BCUT2D eigenvalue weighted by Crippen LogP contribution is -2.32. The number of benzene rings is 2. The van der Waals surface area contributed by atoms with E-state index < -0.39 is 17.4 Å². The maximum Gasteiger partial charge on any atom is 0.298 e. The summed E-state index contributed by atoms with van der Waals surface area (Å²) in [7, 11) is 0. The Kier molecular flexibility index (Phi) is 9.78. The van der Waals surface area contributed by atoms with E-state index >= 15 is 4.39 Å². The fraction of sp³-hybridized carbons (Fsp3) is 0.385. The van der Waals surface area contributed by atoms with Gasteiger partial charge in [0.2, 0.25) is 5.91 Å². The molecule has 0 saturated carbocycles. The van der Waals surface area contributed by atoms with Crippen molar-refractivity contribution < 1.29 is 24.1 Å². The van der Waals surface area contributed by atoms with Crippen LogP contribution in [0.3, 0.4) is 0 Å². The predicted octanol–water partition coefficient (Wildman–Crippen LogP) is 4.73. The molecule has 0 unspecified atom stereocenters. The molecule has 0 aliphatic carbocycles. The van der Waals surface area contributed by atoms with E-state index in [0.29, 0.717) is 41.3 Å². The number of hydrogen-bond donors (Lipinski definition) is 4. The van der Waals surface area contributed by atoms with Crippen LogP contribution in [-0.4, -0.2) is 37.5 Å². The minimum absolute atomic E-state index is 0.0624. The number of nitrogens with one attached hydrogen (secondary N) is 1. The number of imidazole rings is 1. The van der Waals surface area contributed by atoms with Crippen LogP contribution in [0.1, 0.15) is 50.3 Å². The van der Waals surface area contributed by atoms with Crippen molar-refractivity contribution in [2.75, 3.05) is 6.61 Å². The van der Waals surface area contributed by atoms with Crippen LogP contribution in [0.25, 0.3) is 11.1 Å². The van der Waals surface area contributed by atoms with E-state index in [1.165, 1.54) is 6.07 Å². The predicted molar refractivity (Wildman–Crippen MR) is 141 cm³/mol. The van der Waals surface area contributed by atoms with Crippen molar-refractivity contribution in [1.82, 2.24) is 14.9 Å². The van der Waals surface area contributed by atoms with Crippen LogP contribution >= 0.6 is 24.2 Å². The first-order chi connectivity index (χ1) is 17.1. The third kappa shape index (κ3) is 6.79. The number of rotatable bonds is 11. The van der Waals surface area contributed by atoms with E-state index in [9.17, 15) is 15.0 Å². The van der Waals surface area contributed by atoms with Gasteiger partial charge in [0, 0.05) is 11.1 Å². The summed E-state index contributed by atoms with van der Waals surface area (Å²) in [5.74, 6) is -0.408. The summed E-state index contributed by atoms with van der Waals surface area (Å²) < 4.78 is 22.5. The minimum Gasteiger partial charge on any atom is -0.465 e. The maximum atomic E-state index is 15.2. The molecule has 0 aliphatic rings. The van der Waals surface area contributed by atoms with Crippen LogP contribution in [0.4, 0.5) is 4.39 Å². The van der Waals surface area contributed by atoms with Crippen molar-refractivity contribution in [2.24, 2.45) is 5.92 Å². The minimum atomic E-state index is -1.68. The summed E-state index contributed by atoms with van der Waals surface area (Å²) in [6.07, 6.45) is -1.05.